The molecule has 1 aromatic heterocycles. The number of nitrogens with one attached hydrogen (secondary N) is 2. The van der Waals surface area contributed by atoms with E-state index in [9.17, 15) is 27.6 Å². The van der Waals surface area contributed by atoms with Crippen LogP contribution in [0.3, 0.4) is 0 Å². The van der Waals surface area contributed by atoms with E-state index >= 15 is 0 Å². The fourth-order valence-electron chi connectivity index (χ4n) is 3.26. The second-order valence-corrected chi connectivity index (χ2v) is 7.21. The highest BCUT2D eigenvalue weighted by Gasteiger charge is 2.31. The van der Waals surface area contributed by atoms with E-state index in [0.717, 1.165) is 12.1 Å². The molecule has 3 rings (SSSR count). The Morgan fingerprint density at radius 2 is 1.75 bits per heavy atom. The monoisotopic (exact) mass is 450 g/mol. The number of pyridine rings is 1. The first-order valence-electron chi connectivity index (χ1n) is 9.85. The number of nitrogens with zero attached hydrogens (tertiary/aromatic N) is 2. The van der Waals surface area contributed by atoms with E-state index in [1.807, 2.05) is 0 Å². The number of aromatic nitrogens is 1. The molecule has 2 heterocycles. The van der Waals surface area contributed by atoms with E-state index in [1.165, 1.54) is 18.3 Å². The zero-order valence-corrected chi connectivity index (χ0v) is 16.9. The van der Waals surface area contributed by atoms with Gasteiger partial charge in [0, 0.05) is 37.7 Å². The molecule has 1 fully saturated rings. The van der Waals surface area contributed by atoms with E-state index in [2.05, 4.69) is 20.4 Å². The molecule has 2 aromatic rings. The van der Waals surface area contributed by atoms with Gasteiger partial charge in [0.1, 0.15) is 5.75 Å². The molecular weight excluding hydrogens is 429 g/mol. The van der Waals surface area contributed by atoms with Crippen molar-refractivity contribution < 1.29 is 32.3 Å². The van der Waals surface area contributed by atoms with Gasteiger partial charge in [-0.25, -0.2) is 0 Å². The molecule has 32 heavy (non-hydrogen) atoms. The largest absolute Gasteiger partial charge is 0.573 e. The number of likely N-dealkylation sites (tertiary alicyclic amines) is 1. The van der Waals surface area contributed by atoms with Gasteiger partial charge in [-0.2, -0.15) is 0 Å². The maximum Gasteiger partial charge on any atom is 0.573 e. The number of hydrogen-bond donors (Lipinski definition) is 2. The number of piperidine rings is 1. The van der Waals surface area contributed by atoms with Gasteiger partial charge < -0.3 is 20.3 Å². The van der Waals surface area contributed by atoms with Crippen LogP contribution in [-0.4, -0.2) is 53.6 Å². The van der Waals surface area contributed by atoms with Crippen molar-refractivity contribution in [3.8, 4) is 5.75 Å². The van der Waals surface area contributed by atoms with Gasteiger partial charge in [0.2, 0.25) is 0 Å². The molecule has 3 amide bonds. The molecule has 1 saturated heterocycles. The van der Waals surface area contributed by atoms with E-state index in [1.54, 1.807) is 23.2 Å². The molecule has 0 atom stereocenters. The molecule has 1 aromatic carbocycles. The number of rotatable bonds is 5. The predicted octanol–water partition coefficient (Wildman–Crippen LogP) is 2.59. The summed E-state index contributed by atoms with van der Waals surface area (Å²) in [4.78, 5) is 42.1. The van der Waals surface area contributed by atoms with Crippen LogP contribution in [0.15, 0.2) is 48.8 Å². The lowest BCUT2D eigenvalue weighted by Gasteiger charge is -2.32. The first-order valence-corrected chi connectivity index (χ1v) is 9.85. The minimum absolute atomic E-state index is 0.0911. The molecule has 0 saturated carbocycles. The summed E-state index contributed by atoms with van der Waals surface area (Å²) in [6.45, 7) is 1.35. The van der Waals surface area contributed by atoms with Crippen LogP contribution in [0.5, 0.6) is 5.75 Å². The van der Waals surface area contributed by atoms with Crippen molar-refractivity contribution in [1.29, 1.82) is 0 Å². The highest BCUT2D eigenvalue weighted by atomic mass is 19.4. The summed E-state index contributed by atoms with van der Waals surface area (Å²) < 4.78 is 40.2. The van der Waals surface area contributed by atoms with E-state index in [0.29, 0.717) is 31.5 Å². The summed E-state index contributed by atoms with van der Waals surface area (Å²) in [5.74, 6) is -2.20. The molecule has 0 radical (unpaired) electrons. The fourth-order valence-corrected chi connectivity index (χ4v) is 3.26. The molecule has 170 valence electrons. The van der Waals surface area contributed by atoms with Gasteiger partial charge >= 0.3 is 18.2 Å². The summed E-state index contributed by atoms with van der Waals surface area (Å²) >= 11 is 0. The van der Waals surface area contributed by atoms with Gasteiger partial charge in [-0.1, -0.05) is 0 Å². The van der Waals surface area contributed by atoms with Crippen molar-refractivity contribution in [1.82, 2.24) is 15.2 Å². The van der Waals surface area contributed by atoms with Gasteiger partial charge in [-0.05, 0) is 55.2 Å². The first-order chi connectivity index (χ1) is 15.2. The lowest BCUT2D eigenvalue weighted by Crippen LogP contribution is -2.43. The zero-order chi connectivity index (χ0) is 23.1. The summed E-state index contributed by atoms with van der Waals surface area (Å²) in [6, 6.07) is 7.86. The maximum absolute atomic E-state index is 12.4. The average molecular weight is 450 g/mol. The topological polar surface area (TPSA) is 101 Å². The van der Waals surface area contributed by atoms with Crippen LogP contribution < -0.4 is 15.4 Å². The molecule has 1 aliphatic heterocycles. The lowest BCUT2D eigenvalue weighted by molar-refractivity contribution is -0.274. The van der Waals surface area contributed by atoms with Crippen molar-refractivity contribution in [2.75, 3.05) is 25.0 Å². The second kappa shape index (κ2) is 10.1. The standard InChI is InChI=1S/C21H21F3N4O4/c22-21(23,24)32-17-5-3-16(4-6-17)27-19(30)18(29)26-12-14-7-10-28(11-8-14)20(31)15-2-1-9-25-13-15/h1-6,9,13-14H,7-8,10-12H2,(H,26,29)(H,27,30). The van der Waals surface area contributed by atoms with E-state index in [-0.39, 0.29) is 24.1 Å². The first kappa shape index (κ1) is 23.0. The highest BCUT2D eigenvalue weighted by molar-refractivity contribution is 6.39. The Morgan fingerprint density at radius 1 is 1.06 bits per heavy atom. The number of carbonyl (C=O) groups is 3. The quantitative estimate of drug-likeness (QED) is 0.682. The third-order valence-electron chi connectivity index (χ3n) is 4.91. The Kier molecular flexibility index (Phi) is 7.29. The van der Waals surface area contributed by atoms with Gasteiger partial charge in [-0.3, -0.25) is 19.4 Å². The van der Waals surface area contributed by atoms with Crippen molar-refractivity contribution in [2.24, 2.45) is 5.92 Å². The minimum atomic E-state index is -4.81. The van der Waals surface area contributed by atoms with Crippen LogP contribution in [0.2, 0.25) is 0 Å². The molecule has 1 aliphatic rings. The molecule has 8 nitrogen and oxygen atoms in total. The van der Waals surface area contributed by atoms with Crippen molar-refractivity contribution in [3.63, 3.8) is 0 Å². The molecule has 0 aliphatic carbocycles. The molecule has 11 heteroatoms. The van der Waals surface area contributed by atoms with Gasteiger partial charge in [0.25, 0.3) is 5.91 Å². The normalized spacial score (nSPS) is 14.5. The van der Waals surface area contributed by atoms with Crippen LogP contribution in [0.1, 0.15) is 23.2 Å². The van der Waals surface area contributed by atoms with Crippen LogP contribution in [0, 0.1) is 5.92 Å². The van der Waals surface area contributed by atoms with Crippen LogP contribution in [0.4, 0.5) is 18.9 Å². The average Bonchev–Trinajstić information content (AvgIpc) is 2.78. The zero-order valence-electron chi connectivity index (χ0n) is 16.9. The molecule has 0 bridgehead atoms. The van der Waals surface area contributed by atoms with Gasteiger partial charge in [0.15, 0.2) is 0 Å². The smallest absolute Gasteiger partial charge is 0.406 e. The van der Waals surface area contributed by atoms with Crippen molar-refractivity contribution in [3.05, 3.63) is 54.4 Å². The SMILES string of the molecule is O=C(NCC1CCN(C(=O)c2cccnc2)CC1)C(=O)Nc1ccc(OC(F)(F)F)cc1. The number of hydrogen-bond acceptors (Lipinski definition) is 5. The molecule has 0 unspecified atom stereocenters. The van der Waals surface area contributed by atoms with Crippen molar-refractivity contribution in [2.45, 2.75) is 19.2 Å². The summed E-state index contributed by atoms with van der Waals surface area (Å²) in [5.41, 5.74) is 0.677. The Balaban J connectivity index is 1.40. The molecule has 2 N–H and O–H groups in total. The number of anilines is 1. The molecule has 0 spiro atoms. The minimum Gasteiger partial charge on any atom is -0.406 e. The number of halogens is 3. The Labute approximate surface area is 181 Å². The lowest BCUT2D eigenvalue weighted by atomic mass is 9.96. The number of carbonyl (C=O) groups excluding carboxylic acids is 3. The Morgan fingerprint density at radius 3 is 2.34 bits per heavy atom. The number of ether oxygens (including phenoxy) is 1. The Hall–Kier alpha value is -3.63. The second-order valence-electron chi connectivity index (χ2n) is 7.21. The predicted molar refractivity (Wildman–Crippen MR) is 108 cm³/mol. The number of benzene rings is 1. The van der Waals surface area contributed by atoms with Crippen LogP contribution in [0.25, 0.3) is 0 Å². The summed E-state index contributed by atoms with van der Waals surface area (Å²) in [5, 5.41) is 4.87. The summed E-state index contributed by atoms with van der Waals surface area (Å²) in [7, 11) is 0. The third kappa shape index (κ3) is 6.69. The highest BCUT2D eigenvalue weighted by Crippen LogP contribution is 2.24. The van der Waals surface area contributed by atoms with E-state index < -0.39 is 23.9 Å². The van der Waals surface area contributed by atoms with E-state index in [4.69, 9.17) is 0 Å². The Bertz CT molecular complexity index is 944. The van der Waals surface area contributed by atoms with Crippen molar-refractivity contribution >= 4 is 23.4 Å². The van der Waals surface area contributed by atoms with Crippen LogP contribution >= 0.6 is 0 Å². The maximum atomic E-state index is 12.4. The summed E-state index contributed by atoms with van der Waals surface area (Å²) in [6.07, 6.45) is -0.348. The van der Waals surface area contributed by atoms with Gasteiger partial charge in [0.05, 0.1) is 5.56 Å². The van der Waals surface area contributed by atoms with Gasteiger partial charge in [-0.15, -0.1) is 13.2 Å². The number of amides is 3. The fraction of sp³-hybridized carbons (Fsp3) is 0.333. The van der Waals surface area contributed by atoms with Crippen LogP contribution in [-0.2, 0) is 9.59 Å². The third-order valence-corrected chi connectivity index (χ3v) is 4.91. The molecular formula is C21H21F3N4O4. The number of alkyl halides is 3.